The van der Waals surface area contributed by atoms with Crippen LogP contribution in [0.2, 0.25) is 0 Å². The molecule has 2 aromatic rings. The number of benzene rings is 2. The predicted molar refractivity (Wildman–Crippen MR) is 94.3 cm³/mol. The molecular formula is C20H23N3O. The van der Waals surface area contributed by atoms with E-state index in [1.807, 2.05) is 79.5 Å². The first-order chi connectivity index (χ1) is 11.7. The highest BCUT2D eigenvalue weighted by atomic mass is 16.1. The van der Waals surface area contributed by atoms with Gasteiger partial charge in [0.1, 0.15) is 6.04 Å². The van der Waals surface area contributed by atoms with Gasteiger partial charge < -0.3 is 0 Å². The van der Waals surface area contributed by atoms with E-state index in [0.717, 1.165) is 17.5 Å². The van der Waals surface area contributed by atoms with Crippen LogP contribution in [0.4, 0.5) is 0 Å². The van der Waals surface area contributed by atoms with Gasteiger partial charge in [0.15, 0.2) is 0 Å². The number of hydrogen-bond acceptors (Lipinski definition) is 3. The highest BCUT2D eigenvalue weighted by Crippen LogP contribution is 2.17. The molecule has 4 nitrogen and oxygen atoms in total. The predicted octanol–water partition coefficient (Wildman–Crippen LogP) is 3.61. The summed E-state index contributed by atoms with van der Waals surface area (Å²) in [6.45, 7) is 5.04. The second-order valence-corrected chi connectivity index (χ2v) is 6.10. The van der Waals surface area contributed by atoms with Gasteiger partial charge in [0.25, 0.3) is 0 Å². The van der Waals surface area contributed by atoms with E-state index in [1.54, 1.807) is 0 Å². The van der Waals surface area contributed by atoms with Crippen LogP contribution in [-0.2, 0) is 17.9 Å². The third-order valence-electron chi connectivity index (χ3n) is 3.90. The van der Waals surface area contributed by atoms with Gasteiger partial charge in [0.05, 0.1) is 6.07 Å². The van der Waals surface area contributed by atoms with Crippen molar-refractivity contribution in [2.45, 2.75) is 33.0 Å². The number of hydrazine groups is 1. The van der Waals surface area contributed by atoms with Crippen molar-refractivity contribution in [3.05, 3.63) is 71.8 Å². The SMILES string of the molecule is CC(C)[C@@H](C#N)N(C=O)N(Cc1ccccc1)Cc1ccccc1. The summed E-state index contributed by atoms with van der Waals surface area (Å²) in [7, 11) is 0. The van der Waals surface area contributed by atoms with Crippen LogP contribution in [0.5, 0.6) is 0 Å². The van der Waals surface area contributed by atoms with Crippen LogP contribution < -0.4 is 0 Å². The summed E-state index contributed by atoms with van der Waals surface area (Å²) in [5.41, 5.74) is 2.20. The maximum atomic E-state index is 11.8. The number of rotatable bonds is 8. The van der Waals surface area contributed by atoms with Gasteiger partial charge in [-0.15, -0.1) is 0 Å². The molecular weight excluding hydrogens is 298 g/mol. The van der Waals surface area contributed by atoms with Gasteiger partial charge in [-0.3, -0.25) is 9.80 Å². The quantitative estimate of drug-likeness (QED) is 0.551. The molecule has 0 fully saturated rings. The Balaban J connectivity index is 2.29. The highest BCUT2D eigenvalue weighted by molar-refractivity contribution is 5.48. The summed E-state index contributed by atoms with van der Waals surface area (Å²) in [6.07, 6.45) is 0.764. The van der Waals surface area contributed by atoms with Crippen molar-refractivity contribution < 1.29 is 4.79 Å². The summed E-state index contributed by atoms with van der Waals surface area (Å²) >= 11 is 0. The van der Waals surface area contributed by atoms with E-state index in [2.05, 4.69) is 6.07 Å². The van der Waals surface area contributed by atoms with Crippen LogP contribution in [0.3, 0.4) is 0 Å². The van der Waals surface area contributed by atoms with Crippen molar-refractivity contribution >= 4 is 6.41 Å². The monoisotopic (exact) mass is 321 g/mol. The van der Waals surface area contributed by atoms with E-state index in [1.165, 1.54) is 5.01 Å². The zero-order valence-corrected chi connectivity index (χ0v) is 14.2. The molecule has 0 aliphatic heterocycles. The minimum atomic E-state index is -0.491. The molecule has 0 saturated heterocycles. The molecule has 1 amide bonds. The van der Waals surface area contributed by atoms with Crippen molar-refractivity contribution in [2.75, 3.05) is 0 Å². The fraction of sp³-hybridized carbons (Fsp3) is 0.300. The van der Waals surface area contributed by atoms with Gasteiger partial charge in [-0.1, -0.05) is 74.5 Å². The summed E-state index contributed by atoms with van der Waals surface area (Å²) < 4.78 is 0. The number of hydrogen-bond donors (Lipinski definition) is 0. The fourth-order valence-corrected chi connectivity index (χ4v) is 2.63. The van der Waals surface area contributed by atoms with Gasteiger partial charge >= 0.3 is 0 Å². The molecule has 0 aromatic heterocycles. The maximum absolute atomic E-state index is 11.8. The van der Waals surface area contributed by atoms with Crippen molar-refractivity contribution in [3.63, 3.8) is 0 Å². The fourth-order valence-electron chi connectivity index (χ4n) is 2.63. The van der Waals surface area contributed by atoms with E-state index >= 15 is 0 Å². The Kier molecular flexibility index (Phi) is 6.53. The standard InChI is InChI=1S/C20H23N3O/c1-17(2)20(13-21)23(16-24)22(14-18-9-5-3-6-10-18)15-19-11-7-4-8-12-19/h3-12,16-17,20H,14-15H2,1-2H3/t20-/m1/s1. The molecule has 2 aromatic carbocycles. The van der Waals surface area contributed by atoms with Crippen molar-refractivity contribution in [1.82, 2.24) is 10.0 Å². The van der Waals surface area contributed by atoms with Crippen LogP contribution in [0.25, 0.3) is 0 Å². The minimum absolute atomic E-state index is 0.0502. The topological polar surface area (TPSA) is 47.3 Å². The number of carbonyl (C=O) groups is 1. The van der Waals surface area contributed by atoms with Gasteiger partial charge in [0, 0.05) is 13.1 Å². The first-order valence-electron chi connectivity index (χ1n) is 8.11. The smallest absolute Gasteiger partial charge is 0.225 e. The number of nitrogens with zero attached hydrogens (tertiary/aromatic N) is 3. The Morgan fingerprint density at radius 1 is 0.958 bits per heavy atom. The molecule has 2 rings (SSSR count). The summed E-state index contributed by atoms with van der Waals surface area (Å²) in [5, 5.41) is 13.0. The average molecular weight is 321 g/mol. The number of carbonyl (C=O) groups excluding carboxylic acids is 1. The molecule has 0 saturated carbocycles. The number of nitriles is 1. The minimum Gasteiger partial charge on any atom is -0.277 e. The molecule has 0 aliphatic carbocycles. The van der Waals surface area contributed by atoms with Crippen molar-refractivity contribution in [3.8, 4) is 6.07 Å². The van der Waals surface area contributed by atoms with E-state index in [-0.39, 0.29) is 5.92 Å². The lowest BCUT2D eigenvalue weighted by molar-refractivity contribution is -0.142. The lowest BCUT2D eigenvalue weighted by Gasteiger charge is -2.36. The second kappa shape index (κ2) is 8.85. The highest BCUT2D eigenvalue weighted by Gasteiger charge is 2.26. The van der Waals surface area contributed by atoms with Gasteiger partial charge in [0.2, 0.25) is 6.41 Å². The molecule has 0 heterocycles. The van der Waals surface area contributed by atoms with E-state index in [0.29, 0.717) is 13.1 Å². The largest absolute Gasteiger partial charge is 0.277 e. The zero-order valence-electron chi connectivity index (χ0n) is 14.2. The van der Waals surface area contributed by atoms with Crippen LogP contribution in [-0.4, -0.2) is 22.5 Å². The normalized spacial score (nSPS) is 12.0. The lowest BCUT2D eigenvalue weighted by atomic mass is 10.1. The third-order valence-corrected chi connectivity index (χ3v) is 3.90. The molecule has 124 valence electrons. The Labute approximate surface area is 143 Å². The Hall–Kier alpha value is -2.64. The van der Waals surface area contributed by atoms with E-state index in [9.17, 15) is 10.1 Å². The molecule has 0 spiro atoms. The Morgan fingerprint density at radius 3 is 1.75 bits per heavy atom. The molecule has 4 heteroatoms. The lowest BCUT2D eigenvalue weighted by Crippen LogP contribution is -2.48. The summed E-state index contributed by atoms with van der Waals surface area (Å²) in [4.78, 5) is 11.8. The van der Waals surface area contributed by atoms with Crippen molar-refractivity contribution in [2.24, 2.45) is 5.92 Å². The van der Waals surface area contributed by atoms with Gasteiger partial charge in [-0.05, 0) is 17.0 Å². The molecule has 24 heavy (non-hydrogen) atoms. The summed E-state index contributed by atoms with van der Waals surface area (Å²) in [6, 6.07) is 21.7. The second-order valence-electron chi connectivity index (χ2n) is 6.10. The first kappa shape index (κ1) is 17.7. The average Bonchev–Trinajstić information content (AvgIpc) is 2.60. The maximum Gasteiger partial charge on any atom is 0.225 e. The Morgan fingerprint density at radius 2 is 1.42 bits per heavy atom. The summed E-state index contributed by atoms with van der Waals surface area (Å²) in [5.74, 6) is 0.0502. The molecule has 0 aliphatic rings. The van der Waals surface area contributed by atoms with Crippen LogP contribution >= 0.6 is 0 Å². The molecule has 0 N–H and O–H groups in total. The van der Waals surface area contributed by atoms with E-state index < -0.39 is 6.04 Å². The molecule has 0 bridgehead atoms. The van der Waals surface area contributed by atoms with Gasteiger partial charge in [-0.25, -0.2) is 5.01 Å². The van der Waals surface area contributed by atoms with Gasteiger partial charge in [-0.2, -0.15) is 5.26 Å². The molecule has 0 radical (unpaired) electrons. The van der Waals surface area contributed by atoms with E-state index in [4.69, 9.17) is 0 Å². The van der Waals surface area contributed by atoms with Crippen LogP contribution in [0.1, 0.15) is 25.0 Å². The van der Waals surface area contributed by atoms with Crippen LogP contribution in [0.15, 0.2) is 60.7 Å². The van der Waals surface area contributed by atoms with Crippen LogP contribution in [0, 0.1) is 17.2 Å². The first-order valence-corrected chi connectivity index (χ1v) is 8.11. The Bertz CT molecular complexity index is 623. The molecule has 0 unspecified atom stereocenters. The van der Waals surface area contributed by atoms with Crippen molar-refractivity contribution in [1.29, 1.82) is 5.26 Å². The molecule has 1 atom stereocenters. The third kappa shape index (κ3) is 4.68. The zero-order chi connectivity index (χ0) is 17.4. The number of amides is 1.